The number of hydrogen-bond donors (Lipinski definition) is 0. The van der Waals surface area contributed by atoms with E-state index in [0.29, 0.717) is 27.9 Å². The zero-order valence-corrected chi connectivity index (χ0v) is 20.7. The molecule has 2 aromatic carbocycles. The molecule has 0 aromatic heterocycles. The lowest BCUT2D eigenvalue weighted by Gasteiger charge is -2.38. The van der Waals surface area contributed by atoms with Crippen LogP contribution in [0.2, 0.25) is 10.0 Å². The van der Waals surface area contributed by atoms with Crippen LogP contribution in [0.15, 0.2) is 30.3 Å². The molecule has 5 nitrogen and oxygen atoms in total. The molecule has 2 unspecified atom stereocenters. The number of benzene rings is 2. The summed E-state index contributed by atoms with van der Waals surface area (Å²) in [6.07, 6.45) is 3.07. The van der Waals surface area contributed by atoms with Crippen LogP contribution in [-0.2, 0) is 16.7 Å². The molecule has 0 amide bonds. The molecular formula is C26H29Cl2NO4. The number of rotatable bonds is 3. The Morgan fingerprint density at radius 3 is 2.79 bits per heavy atom. The van der Waals surface area contributed by atoms with Gasteiger partial charge in [0, 0.05) is 29.0 Å². The Morgan fingerprint density at radius 1 is 1.21 bits per heavy atom. The predicted molar refractivity (Wildman–Crippen MR) is 129 cm³/mol. The average molecular weight is 490 g/mol. The summed E-state index contributed by atoms with van der Waals surface area (Å²) in [7, 11) is 3.86. The minimum absolute atomic E-state index is 0.0787. The molecule has 4 atom stereocenters. The van der Waals surface area contributed by atoms with Crippen molar-refractivity contribution in [3.63, 3.8) is 0 Å². The van der Waals surface area contributed by atoms with E-state index in [9.17, 15) is 4.79 Å². The third-order valence-electron chi connectivity index (χ3n) is 7.78. The highest BCUT2D eigenvalue weighted by Gasteiger charge is 2.56. The van der Waals surface area contributed by atoms with Gasteiger partial charge in [-0.1, -0.05) is 36.2 Å². The molecule has 1 spiro atoms. The van der Waals surface area contributed by atoms with E-state index in [1.54, 1.807) is 25.3 Å². The van der Waals surface area contributed by atoms with Gasteiger partial charge in [0.15, 0.2) is 11.5 Å². The second-order valence-electron chi connectivity index (χ2n) is 9.63. The topological polar surface area (TPSA) is 48.0 Å². The molecular weight excluding hydrogens is 461 g/mol. The van der Waals surface area contributed by atoms with E-state index in [1.165, 1.54) is 11.1 Å². The van der Waals surface area contributed by atoms with Crippen molar-refractivity contribution in [2.45, 2.75) is 56.8 Å². The zero-order chi connectivity index (χ0) is 23.3. The smallest absolute Gasteiger partial charge is 0.339 e. The van der Waals surface area contributed by atoms with E-state index >= 15 is 0 Å². The summed E-state index contributed by atoms with van der Waals surface area (Å²) in [6, 6.07) is 9.03. The van der Waals surface area contributed by atoms with Crippen LogP contribution >= 0.6 is 23.2 Å². The molecule has 2 aliphatic heterocycles. The number of carbonyl (C=O) groups excluding carboxylic acids is 1. The Kier molecular flexibility index (Phi) is 6.00. The zero-order valence-electron chi connectivity index (χ0n) is 19.2. The normalized spacial score (nSPS) is 28.7. The molecule has 3 aliphatic rings. The molecule has 2 heterocycles. The fourth-order valence-electron chi connectivity index (χ4n) is 6.06. The van der Waals surface area contributed by atoms with Gasteiger partial charge in [0.1, 0.15) is 12.2 Å². The van der Waals surface area contributed by atoms with Crippen molar-refractivity contribution in [1.82, 2.24) is 4.90 Å². The van der Waals surface area contributed by atoms with Gasteiger partial charge in [-0.15, -0.1) is 0 Å². The molecule has 176 valence electrons. The number of carbonyl (C=O) groups is 1. The van der Waals surface area contributed by atoms with Gasteiger partial charge in [-0.25, -0.2) is 4.79 Å². The number of halogens is 2. The summed E-state index contributed by atoms with van der Waals surface area (Å²) in [6.45, 7) is 4.20. The molecule has 0 saturated heterocycles. The largest absolute Gasteiger partial charge is 0.493 e. The van der Waals surface area contributed by atoms with E-state index in [2.05, 4.69) is 24.9 Å². The van der Waals surface area contributed by atoms with Crippen molar-refractivity contribution in [2.24, 2.45) is 5.92 Å². The number of ether oxygens (including phenoxy) is 3. The Morgan fingerprint density at radius 2 is 2.03 bits per heavy atom. The first-order chi connectivity index (χ1) is 15.8. The maximum Gasteiger partial charge on any atom is 0.339 e. The minimum atomic E-state index is -0.417. The molecule has 0 radical (unpaired) electrons. The predicted octanol–water partition coefficient (Wildman–Crippen LogP) is 5.88. The molecule has 1 aliphatic carbocycles. The van der Waals surface area contributed by atoms with Gasteiger partial charge in [0.2, 0.25) is 0 Å². The van der Waals surface area contributed by atoms with Crippen molar-refractivity contribution in [3.05, 3.63) is 57.1 Å². The van der Waals surface area contributed by atoms with Crippen LogP contribution in [0.1, 0.15) is 54.1 Å². The summed E-state index contributed by atoms with van der Waals surface area (Å²) in [5.41, 5.74) is 2.83. The van der Waals surface area contributed by atoms with Crippen LogP contribution < -0.4 is 9.47 Å². The lowest BCUT2D eigenvalue weighted by atomic mass is 9.64. The van der Waals surface area contributed by atoms with Crippen molar-refractivity contribution < 1.29 is 19.0 Å². The Labute approximate surface area is 204 Å². The van der Waals surface area contributed by atoms with E-state index in [-0.39, 0.29) is 17.6 Å². The van der Waals surface area contributed by atoms with Gasteiger partial charge in [0.05, 0.1) is 17.7 Å². The number of nitrogens with zero attached hydrogens (tertiary/aromatic N) is 1. The highest BCUT2D eigenvalue weighted by Crippen LogP contribution is 2.59. The fourth-order valence-corrected chi connectivity index (χ4v) is 6.55. The van der Waals surface area contributed by atoms with Crippen LogP contribution in [0.5, 0.6) is 11.5 Å². The van der Waals surface area contributed by atoms with Crippen molar-refractivity contribution in [3.8, 4) is 11.5 Å². The second-order valence-corrected chi connectivity index (χ2v) is 10.5. The van der Waals surface area contributed by atoms with Crippen molar-refractivity contribution >= 4 is 29.2 Å². The first kappa shape index (κ1) is 22.8. The summed E-state index contributed by atoms with van der Waals surface area (Å²) in [4.78, 5) is 15.3. The van der Waals surface area contributed by atoms with Crippen molar-refractivity contribution in [2.75, 3.05) is 20.7 Å². The van der Waals surface area contributed by atoms with Gasteiger partial charge in [-0.05, 0) is 68.6 Å². The highest BCUT2D eigenvalue weighted by atomic mass is 35.5. The van der Waals surface area contributed by atoms with Crippen LogP contribution in [-0.4, -0.2) is 43.8 Å². The van der Waals surface area contributed by atoms with Gasteiger partial charge >= 0.3 is 5.97 Å². The summed E-state index contributed by atoms with van der Waals surface area (Å²) < 4.78 is 18.3. The maximum absolute atomic E-state index is 12.9. The minimum Gasteiger partial charge on any atom is -0.493 e. The SMILES string of the molecule is COc1ccc2c3c1OC1C[C@@H](OC(=O)c4ccc(Cl)cc4Cl)CCC(C)[C@@]31CCN(C)C2. The van der Waals surface area contributed by atoms with Gasteiger partial charge < -0.3 is 19.1 Å². The molecule has 2 aromatic rings. The summed E-state index contributed by atoms with van der Waals surface area (Å²) in [5.74, 6) is 1.61. The second kappa shape index (κ2) is 8.68. The van der Waals surface area contributed by atoms with Crippen LogP contribution in [0, 0.1) is 5.92 Å². The van der Waals surface area contributed by atoms with Crippen LogP contribution in [0.25, 0.3) is 0 Å². The Hall–Kier alpha value is -1.95. The van der Waals surface area contributed by atoms with Gasteiger partial charge in [0.25, 0.3) is 0 Å². The molecule has 33 heavy (non-hydrogen) atoms. The molecule has 1 fully saturated rings. The first-order valence-electron chi connectivity index (χ1n) is 11.5. The number of methoxy groups -OCH3 is 1. The molecule has 5 rings (SSSR count). The third-order valence-corrected chi connectivity index (χ3v) is 8.33. The maximum atomic E-state index is 12.9. The number of hydrogen-bond acceptors (Lipinski definition) is 5. The lowest BCUT2D eigenvalue weighted by Crippen LogP contribution is -2.44. The summed E-state index contributed by atoms with van der Waals surface area (Å²) >= 11 is 12.2. The quantitative estimate of drug-likeness (QED) is 0.503. The molecule has 1 saturated carbocycles. The van der Waals surface area contributed by atoms with E-state index < -0.39 is 5.97 Å². The molecule has 7 heteroatoms. The van der Waals surface area contributed by atoms with Gasteiger partial charge in [-0.3, -0.25) is 0 Å². The Bertz CT molecular complexity index is 1090. The van der Waals surface area contributed by atoms with Crippen molar-refractivity contribution in [1.29, 1.82) is 0 Å². The first-order valence-corrected chi connectivity index (χ1v) is 12.3. The third kappa shape index (κ3) is 3.78. The monoisotopic (exact) mass is 489 g/mol. The lowest BCUT2D eigenvalue weighted by molar-refractivity contribution is 0.0136. The summed E-state index contributed by atoms with van der Waals surface area (Å²) in [5, 5.41) is 0.790. The van der Waals surface area contributed by atoms with Gasteiger partial charge in [-0.2, -0.15) is 0 Å². The van der Waals surface area contributed by atoms with E-state index in [4.69, 9.17) is 37.4 Å². The van der Waals surface area contributed by atoms with Crippen LogP contribution in [0.4, 0.5) is 0 Å². The fraction of sp³-hybridized carbons (Fsp3) is 0.500. The number of esters is 1. The van der Waals surface area contributed by atoms with E-state index in [1.807, 2.05) is 6.07 Å². The van der Waals surface area contributed by atoms with Crippen LogP contribution in [0.3, 0.4) is 0 Å². The van der Waals surface area contributed by atoms with E-state index in [0.717, 1.165) is 43.9 Å². The standard InChI is InChI=1S/C26H29Cl2NO4/c1-15-4-7-18(32-25(30)19-8-6-17(27)12-20(19)28)13-22-26(15)10-11-29(2)14-16-5-9-21(31-3)24(33-22)23(16)26/h5-6,8-9,12,15,18,22H,4,7,10-11,13-14H2,1-3H3/t15?,18-,22?,26+/m0/s1. The highest BCUT2D eigenvalue weighted by molar-refractivity contribution is 6.36. The molecule has 0 N–H and O–H groups in total. The molecule has 0 bridgehead atoms. The average Bonchev–Trinajstić information content (AvgIpc) is 2.93. The Balaban J connectivity index is 1.48.